The minimum atomic E-state index is -1.04. The van der Waals surface area contributed by atoms with Crippen molar-refractivity contribution in [2.24, 2.45) is 0 Å². The monoisotopic (exact) mass is 467 g/mol. The van der Waals surface area contributed by atoms with Gasteiger partial charge in [0.1, 0.15) is 0 Å². The Bertz CT molecular complexity index is 1090. The number of hydrogen-bond acceptors (Lipinski definition) is 7. The summed E-state index contributed by atoms with van der Waals surface area (Å²) in [5, 5.41) is 2.41. The van der Waals surface area contributed by atoms with Gasteiger partial charge in [-0.05, 0) is 38.0 Å². The Balaban J connectivity index is 1.50. The third-order valence-corrected chi connectivity index (χ3v) is 6.72. The standard InChI is InChI=1S/C24H25N3O5S/c1-3-12-26-21(29)18-10-9-16(14-19(18)22(26)30)23(31)32-15(2)20(28)27(24-25-11-13-33-24)17-7-5-4-6-8-17/h3,9-11,13-15,17H,1,4-8,12H2,2H3/t15-/m1/s1. The van der Waals surface area contributed by atoms with Crippen LogP contribution in [-0.4, -0.2) is 52.3 Å². The number of nitrogens with zero attached hydrogens (tertiary/aromatic N) is 3. The van der Waals surface area contributed by atoms with Crippen LogP contribution in [0.1, 0.15) is 70.1 Å². The molecule has 1 saturated carbocycles. The molecule has 8 nitrogen and oxygen atoms in total. The summed E-state index contributed by atoms with van der Waals surface area (Å²) in [5.41, 5.74) is 0.477. The van der Waals surface area contributed by atoms with Crippen LogP contribution in [0.4, 0.5) is 5.13 Å². The number of fused-ring (bicyclic) bond motifs is 1. The fourth-order valence-corrected chi connectivity index (χ4v) is 5.01. The highest BCUT2D eigenvalue weighted by atomic mass is 32.1. The summed E-state index contributed by atoms with van der Waals surface area (Å²) in [6, 6.07) is 4.24. The Morgan fingerprint density at radius 3 is 2.64 bits per heavy atom. The first kappa shape index (κ1) is 22.8. The van der Waals surface area contributed by atoms with E-state index in [9.17, 15) is 19.2 Å². The van der Waals surface area contributed by atoms with Gasteiger partial charge in [-0.1, -0.05) is 25.3 Å². The number of amides is 3. The summed E-state index contributed by atoms with van der Waals surface area (Å²) >= 11 is 1.38. The Morgan fingerprint density at radius 2 is 1.97 bits per heavy atom. The molecule has 0 N–H and O–H groups in total. The quantitative estimate of drug-likeness (QED) is 0.349. The number of benzene rings is 1. The highest BCUT2D eigenvalue weighted by Gasteiger charge is 2.36. The summed E-state index contributed by atoms with van der Waals surface area (Å²) < 4.78 is 5.48. The lowest BCUT2D eigenvalue weighted by Crippen LogP contribution is -2.47. The molecule has 0 unspecified atom stereocenters. The van der Waals surface area contributed by atoms with Gasteiger partial charge in [-0.25, -0.2) is 9.78 Å². The molecule has 172 valence electrons. The smallest absolute Gasteiger partial charge is 0.338 e. The molecule has 0 spiro atoms. The number of hydrogen-bond donors (Lipinski definition) is 0. The van der Waals surface area contributed by atoms with Gasteiger partial charge < -0.3 is 4.74 Å². The van der Waals surface area contributed by atoms with Crippen LogP contribution < -0.4 is 4.90 Å². The molecule has 1 atom stereocenters. The zero-order valence-electron chi connectivity index (χ0n) is 18.4. The SMILES string of the molecule is C=CCN1C(=O)c2ccc(C(=O)O[C@H](C)C(=O)N(c3nccs3)C3CCCCC3)cc2C1=O. The van der Waals surface area contributed by atoms with Gasteiger partial charge >= 0.3 is 5.97 Å². The van der Waals surface area contributed by atoms with Crippen LogP contribution >= 0.6 is 11.3 Å². The maximum absolute atomic E-state index is 13.3. The predicted molar refractivity (Wildman–Crippen MR) is 123 cm³/mol. The molecule has 1 fully saturated rings. The van der Waals surface area contributed by atoms with E-state index < -0.39 is 23.9 Å². The molecule has 1 aliphatic carbocycles. The largest absolute Gasteiger partial charge is 0.449 e. The van der Waals surface area contributed by atoms with Crippen molar-refractivity contribution in [3.63, 3.8) is 0 Å². The zero-order chi connectivity index (χ0) is 23.5. The predicted octanol–water partition coefficient (Wildman–Crippen LogP) is 3.84. The number of esters is 1. The van der Waals surface area contributed by atoms with Gasteiger partial charge in [0.15, 0.2) is 11.2 Å². The summed E-state index contributed by atoms with van der Waals surface area (Å²) in [7, 11) is 0. The number of carbonyl (C=O) groups is 4. The number of anilines is 1. The van der Waals surface area contributed by atoms with E-state index >= 15 is 0 Å². The average molecular weight is 468 g/mol. The highest BCUT2D eigenvalue weighted by Crippen LogP contribution is 2.30. The molecule has 1 aromatic carbocycles. The van der Waals surface area contributed by atoms with Gasteiger partial charge in [0, 0.05) is 24.2 Å². The molecule has 0 bridgehead atoms. The lowest BCUT2D eigenvalue weighted by Gasteiger charge is -2.33. The highest BCUT2D eigenvalue weighted by molar-refractivity contribution is 7.13. The van der Waals surface area contributed by atoms with Crippen molar-refractivity contribution in [3.8, 4) is 0 Å². The van der Waals surface area contributed by atoms with Crippen LogP contribution in [0, 0.1) is 0 Å². The fourth-order valence-electron chi connectivity index (χ4n) is 4.29. The molecular formula is C24H25N3O5S. The molecule has 1 aromatic heterocycles. The number of ether oxygens (including phenoxy) is 1. The molecule has 9 heteroatoms. The van der Waals surface area contributed by atoms with Crippen molar-refractivity contribution < 1.29 is 23.9 Å². The summed E-state index contributed by atoms with van der Waals surface area (Å²) in [6.45, 7) is 5.19. The second-order valence-corrected chi connectivity index (χ2v) is 9.01. The molecule has 2 aromatic rings. The lowest BCUT2D eigenvalue weighted by atomic mass is 9.94. The van der Waals surface area contributed by atoms with E-state index in [0.29, 0.717) is 5.13 Å². The zero-order valence-corrected chi connectivity index (χ0v) is 19.2. The van der Waals surface area contributed by atoms with Gasteiger partial charge in [0.25, 0.3) is 17.7 Å². The van der Waals surface area contributed by atoms with Crippen LogP contribution in [0.3, 0.4) is 0 Å². The van der Waals surface area contributed by atoms with E-state index in [4.69, 9.17) is 4.74 Å². The van der Waals surface area contributed by atoms with Crippen molar-refractivity contribution >= 4 is 40.2 Å². The number of carbonyl (C=O) groups excluding carboxylic acids is 4. The summed E-state index contributed by atoms with van der Waals surface area (Å²) in [5.74, 6) is -1.97. The van der Waals surface area contributed by atoms with Gasteiger partial charge in [0.05, 0.1) is 16.7 Å². The Labute approximate surface area is 195 Å². The third kappa shape index (κ3) is 4.45. The van der Waals surface area contributed by atoms with E-state index in [1.807, 2.05) is 5.38 Å². The van der Waals surface area contributed by atoms with Crippen LogP contribution in [0.2, 0.25) is 0 Å². The molecule has 2 heterocycles. The van der Waals surface area contributed by atoms with E-state index in [0.717, 1.165) is 37.0 Å². The van der Waals surface area contributed by atoms with Crippen LogP contribution in [0.25, 0.3) is 0 Å². The minimum absolute atomic E-state index is 0.0259. The van der Waals surface area contributed by atoms with Crippen LogP contribution in [0.15, 0.2) is 42.4 Å². The first-order chi connectivity index (χ1) is 15.9. The fraction of sp³-hybridized carbons (Fsp3) is 0.375. The molecule has 1 aliphatic heterocycles. The molecule has 2 aliphatic rings. The Hall–Kier alpha value is -3.33. The van der Waals surface area contributed by atoms with E-state index in [-0.39, 0.29) is 35.2 Å². The van der Waals surface area contributed by atoms with Crippen LogP contribution in [0.5, 0.6) is 0 Å². The summed E-state index contributed by atoms with van der Waals surface area (Å²) in [4.78, 5) is 58.1. The number of imide groups is 1. The van der Waals surface area contributed by atoms with Crippen molar-refractivity contribution in [2.75, 3.05) is 11.4 Å². The topological polar surface area (TPSA) is 96.9 Å². The van der Waals surface area contributed by atoms with E-state index in [2.05, 4.69) is 11.6 Å². The Kier molecular flexibility index (Phi) is 6.69. The van der Waals surface area contributed by atoms with Crippen molar-refractivity contribution in [2.45, 2.75) is 51.2 Å². The average Bonchev–Trinajstić information content (AvgIpc) is 3.43. The first-order valence-electron chi connectivity index (χ1n) is 11.0. The maximum atomic E-state index is 13.3. The molecule has 33 heavy (non-hydrogen) atoms. The van der Waals surface area contributed by atoms with Gasteiger partial charge in [0.2, 0.25) is 0 Å². The van der Waals surface area contributed by atoms with Gasteiger partial charge in [-0.3, -0.25) is 24.2 Å². The normalized spacial score (nSPS) is 16.9. The summed E-state index contributed by atoms with van der Waals surface area (Å²) in [6.07, 6.45) is 7.07. The van der Waals surface area contributed by atoms with Gasteiger partial charge in [-0.15, -0.1) is 17.9 Å². The van der Waals surface area contributed by atoms with Crippen molar-refractivity contribution in [3.05, 3.63) is 59.1 Å². The van der Waals surface area contributed by atoms with Gasteiger partial charge in [-0.2, -0.15) is 0 Å². The lowest BCUT2D eigenvalue weighted by molar-refractivity contribution is -0.127. The Morgan fingerprint density at radius 1 is 1.24 bits per heavy atom. The molecule has 3 amide bonds. The number of aromatic nitrogens is 1. The van der Waals surface area contributed by atoms with E-state index in [1.54, 1.807) is 11.1 Å². The molecular weight excluding hydrogens is 442 g/mol. The number of thiazole rings is 1. The van der Waals surface area contributed by atoms with Crippen molar-refractivity contribution in [1.29, 1.82) is 0 Å². The maximum Gasteiger partial charge on any atom is 0.338 e. The first-order valence-corrected chi connectivity index (χ1v) is 11.8. The van der Waals surface area contributed by atoms with Crippen LogP contribution in [-0.2, 0) is 9.53 Å². The minimum Gasteiger partial charge on any atom is -0.449 e. The second kappa shape index (κ2) is 9.66. The molecule has 0 saturated heterocycles. The van der Waals surface area contributed by atoms with Crippen molar-refractivity contribution in [1.82, 2.24) is 9.88 Å². The van der Waals surface area contributed by atoms with E-state index in [1.165, 1.54) is 42.5 Å². The molecule has 4 rings (SSSR count). The third-order valence-electron chi connectivity index (χ3n) is 5.95. The second-order valence-electron chi connectivity index (χ2n) is 8.13. The molecule has 0 radical (unpaired) electrons. The number of rotatable bonds is 7.